The van der Waals surface area contributed by atoms with Crippen LogP contribution in [0.1, 0.15) is 29.8 Å². The van der Waals surface area contributed by atoms with E-state index in [-0.39, 0.29) is 12.5 Å². The predicted molar refractivity (Wildman–Crippen MR) is 123 cm³/mol. The van der Waals surface area contributed by atoms with Crippen LogP contribution in [0.4, 0.5) is 0 Å². The monoisotopic (exact) mass is 439 g/mol. The molecule has 31 heavy (non-hydrogen) atoms. The average molecular weight is 440 g/mol. The van der Waals surface area contributed by atoms with E-state index in [2.05, 4.69) is 5.32 Å². The van der Waals surface area contributed by atoms with Gasteiger partial charge in [-0.05, 0) is 60.9 Å². The van der Waals surface area contributed by atoms with Crippen molar-refractivity contribution in [3.8, 4) is 22.6 Å². The van der Waals surface area contributed by atoms with E-state index in [4.69, 9.17) is 21.1 Å². The summed E-state index contributed by atoms with van der Waals surface area (Å²) >= 11 is 6.00. The molecule has 0 bridgehead atoms. The fourth-order valence-electron chi connectivity index (χ4n) is 3.02. The summed E-state index contributed by atoms with van der Waals surface area (Å²) in [6, 6.07) is 20.6. The molecule has 3 rings (SSSR count). The zero-order valence-corrected chi connectivity index (χ0v) is 18.6. The van der Waals surface area contributed by atoms with Gasteiger partial charge in [-0.2, -0.15) is 0 Å². The van der Waals surface area contributed by atoms with Crippen molar-refractivity contribution in [2.75, 3.05) is 13.7 Å². The molecule has 0 saturated heterocycles. The normalized spacial score (nSPS) is 11.1. The van der Waals surface area contributed by atoms with Crippen molar-refractivity contribution in [3.05, 3.63) is 82.9 Å². The summed E-state index contributed by atoms with van der Waals surface area (Å²) in [6.45, 7) is 4.00. The van der Waals surface area contributed by atoms with Crippen molar-refractivity contribution in [1.29, 1.82) is 0 Å². The zero-order valence-electron chi connectivity index (χ0n) is 17.8. The van der Waals surface area contributed by atoms with Crippen molar-refractivity contribution < 1.29 is 19.4 Å². The highest BCUT2D eigenvalue weighted by Gasteiger charge is 2.18. The number of methoxy groups -OCH3 is 1. The number of aliphatic hydroxyl groups is 1. The lowest BCUT2D eigenvalue weighted by Gasteiger charge is -2.23. The maximum absolute atomic E-state index is 12.5. The zero-order chi connectivity index (χ0) is 22.4. The largest absolute Gasteiger partial charge is 0.496 e. The van der Waals surface area contributed by atoms with Crippen molar-refractivity contribution >= 4 is 17.5 Å². The van der Waals surface area contributed by atoms with Gasteiger partial charge in [-0.1, -0.05) is 48.0 Å². The van der Waals surface area contributed by atoms with Crippen molar-refractivity contribution in [1.82, 2.24) is 5.32 Å². The number of nitrogens with one attached hydrogen (secondary N) is 1. The van der Waals surface area contributed by atoms with Crippen molar-refractivity contribution in [3.63, 3.8) is 0 Å². The molecule has 2 N–H and O–H groups in total. The molecule has 6 heteroatoms. The van der Waals surface area contributed by atoms with Gasteiger partial charge in [0.05, 0.1) is 19.3 Å². The summed E-state index contributed by atoms with van der Waals surface area (Å²) in [7, 11) is 1.52. The molecular formula is C25H26ClNO4. The second-order valence-electron chi connectivity index (χ2n) is 7.77. The highest BCUT2D eigenvalue weighted by molar-refractivity contribution is 6.31. The third-order valence-corrected chi connectivity index (χ3v) is 5.01. The molecule has 0 aromatic heterocycles. The molecule has 162 valence electrons. The summed E-state index contributed by atoms with van der Waals surface area (Å²) in [5.41, 5.74) is 2.86. The average Bonchev–Trinajstić information content (AvgIpc) is 2.78. The Morgan fingerprint density at radius 2 is 1.61 bits per heavy atom. The Morgan fingerprint density at radius 3 is 2.19 bits per heavy atom. The lowest BCUT2D eigenvalue weighted by Crippen LogP contribution is -2.32. The van der Waals surface area contributed by atoms with Gasteiger partial charge < -0.3 is 19.9 Å². The van der Waals surface area contributed by atoms with E-state index in [1.165, 1.54) is 7.11 Å². The van der Waals surface area contributed by atoms with Crippen LogP contribution in [0.2, 0.25) is 5.02 Å². The van der Waals surface area contributed by atoms with E-state index in [0.29, 0.717) is 28.6 Å². The fraction of sp³-hybridized carbons (Fsp3) is 0.240. The molecule has 0 radical (unpaired) electrons. The van der Waals surface area contributed by atoms with Crippen LogP contribution in [-0.4, -0.2) is 30.3 Å². The number of hydrogen-bond donors (Lipinski definition) is 2. The molecule has 0 spiro atoms. The van der Waals surface area contributed by atoms with Gasteiger partial charge in [0.1, 0.15) is 17.1 Å². The third kappa shape index (κ3) is 6.00. The molecule has 0 atom stereocenters. The molecule has 0 unspecified atom stereocenters. The molecule has 3 aromatic carbocycles. The van der Waals surface area contributed by atoms with E-state index in [1.807, 2.05) is 62.4 Å². The number of carbonyl (C=O) groups is 1. The van der Waals surface area contributed by atoms with Crippen LogP contribution in [0.5, 0.6) is 11.5 Å². The Balaban J connectivity index is 1.63. The third-order valence-electron chi connectivity index (χ3n) is 4.78. The SMILES string of the molecule is COc1ccc(Cl)cc1C(=O)NCc1ccc(-c2ccc(OC(C)(C)CO)cc2)cc1. The molecule has 0 aliphatic heterocycles. The maximum atomic E-state index is 12.5. The van der Waals surface area contributed by atoms with E-state index < -0.39 is 5.60 Å². The number of aliphatic hydroxyl groups excluding tert-OH is 1. The van der Waals surface area contributed by atoms with Crippen LogP contribution in [-0.2, 0) is 6.54 Å². The topological polar surface area (TPSA) is 67.8 Å². The Morgan fingerprint density at radius 1 is 1.00 bits per heavy atom. The highest BCUT2D eigenvalue weighted by Crippen LogP contribution is 2.25. The molecule has 5 nitrogen and oxygen atoms in total. The first-order valence-corrected chi connectivity index (χ1v) is 10.3. The van der Waals surface area contributed by atoms with Crippen molar-refractivity contribution in [2.24, 2.45) is 0 Å². The first-order chi connectivity index (χ1) is 14.8. The minimum Gasteiger partial charge on any atom is -0.496 e. The summed E-state index contributed by atoms with van der Waals surface area (Å²) in [4.78, 5) is 12.5. The van der Waals surface area contributed by atoms with Gasteiger partial charge >= 0.3 is 0 Å². The van der Waals surface area contributed by atoms with Gasteiger partial charge in [0, 0.05) is 11.6 Å². The summed E-state index contributed by atoms with van der Waals surface area (Å²) < 4.78 is 11.0. The number of carbonyl (C=O) groups excluding carboxylic acids is 1. The number of hydrogen-bond acceptors (Lipinski definition) is 4. The first kappa shape index (κ1) is 22.7. The van der Waals surface area contributed by atoms with Crippen LogP contribution < -0.4 is 14.8 Å². The summed E-state index contributed by atoms with van der Waals surface area (Å²) in [5, 5.41) is 12.7. The molecule has 3 aromatic rings. The maximum Gasteiger partial charge on any atom is 0.255 e. The van der Waals surface area contributed by atoms with Gasteiger partial charge in [-0.3, -0.25) is 4.79 Å². The van der Waals surface area contributed by atoms with Crippen LogP contribution >= 0.6 is 11.6 Å². The van der Waals surface area contributed by atoms with Crippen LogP contribution in [0.15, 0.2) is 66.7 Å². The highest BCUT2D eigenvalue weighted by atomic mass is 35.5. The number of rotatable bonds is 8. The quantitative estimate of drug-likeness (QED) is 0.512. The molecule has 0 saturated carbocycles. The molecule has 0 aliphatic carbocycles. The molecule has 0 heterocycles. The Kier molecular flexibility index (Phi) is 7.21. The van der Waals surface area contributed by atoms with Crippen LogP contribution in [0, 0.1) is 0 Å². The van der Waals surface area contributed by atoms with Crippen LogP contribution in [0.25, 0.3) is 11.1 Å². The number of ether oxygens (including phenoxy) is 2. The lowest BCUT2D eigenvalue weighted by atomic mass is 10.0. The molecule has 0 fully saturated rings. The second kappa shape index (κ2) is 9.86. The smallest absolute Gasteiger partial charge is 0.255 e. The van der Waals surface area contributed by atoms with Crippen LogP contribution in [0.3, 0.4) is 0 Å². The van der Waals surface area contributed by atoms with Gasteiger partial charge in [0.2, 0.25) is 0 Å². The fourth-order valence-corrected chi connectivity index (χ4v) is 3.19. The van der Waals surface area contributed by atoms with E-state index in [0.717, 1.165) is 16.7 Å². The minimum absolute atomic E-state index is 0.0587. The van der Waals surface area contributed by atoms with Gasteiger partial charge in [-0.15, -0.1) is 0 Å². The molecule has 1 amide bonds. The van der Waals surface area contributed by atoms with Gasteiger partial charge in [-0.25, -0.2) is 0 Å². The Labute approximate surface area is 187 Å². The summed E-state index contributed by atoms with van der Waals surface area (Å²) in [6.07, 6.45) is 0. The number of benzene rings is 3. The second-order valence-corrected chi connectivity index (χ2v) is 8.20. The van der Waals surface area contributed by atoms with E-state index in [1.54, 1.807) is 18.2 Å². The Hall–Kier alpha value is -3.02. The lowest BCUT2D eigenvalue weighted by molar-refractivity contribution is 0.0413. The van der Waals surface area contributed by atoms with Crippen molar-refractivity contribution in [2.45, 2.75) is 26.0 Å². The summed E-state index contributed by atoms with van der Waals surface area (Å²) in [5.74, 6) is 0.940. The standard InChI is InChI=1S/C25H26ClNO4/c1-25(2,16-28)31-21-11-8-19(9-12-21)18-6-4-17(5-7-18)15-27-24(29)22-14-20(26)10-13-23(22)30-3/h4-14,28H,15-16H2,1-3H3,(H,27,29). The predicted octanol–water partition coefficient (Wildman–Crippen LogP) is 5.10. The van der Waals surface area contributed by atoms with Gasteiger partial charge in [0.25, 0.3) is 5.91 Å². The number of halogens is 1. The van der Waals surface area contributed by atoms with E-state index >= 15 is 0 Å². The Bertz CT molecular complexity index is 1030. The number of amides is 1. The first-order valence-electron chi connectivity index (χ1n) is 9.92. The molecule has 0 aliphatic rings. The van der Waals surface area contributed by atoms with E-state index in [9.17, 15) is 9.90 Å². The van der Waals surface area contributed by atoms with Gasteiger partial charge in [0.15, 0.2) is 0 Å². The molecular weight excluding hydrogens is 414 g/mol. The minimum atomic E-state index is -0.622.